The zero-order chi connectivity index (χ0) is 17.6. The smallest absolute Gasteiger partial charge is 0.311 e. The molecule has 1 N–H and O–H groups in total. The van der Waals surface area contributed by atoms with Gasteiger partial charge in [0.05, 0.1) is 6.61 Å². The number of carboxylic acids is 1. The van der Waals surface area contributed by atoms with E-state index in [9.17, 15) is 9.59 Å². The van der Waals surface area contributed by atoms with E-state index in [1.54, 1.807) is 24.3 Å². The van der Waals surface area contributed by atoms with Gasteiger partial charge in [-0.1, -0.05) is 12.1 Å². The normalized spacial score (nSPS) is 17.4. The summed E-state index contributed by atoms with van der Waals surface area (Å²) in [7, 11) is 0. The lowest BCUT2D eigenvalue weighted by molar-refractivity contribution is -0.169. The van der Waals surface area contributed by atoms with Crippen LogP contribution in [0.3, 0.4) is 0 Å². The number of rotatable bonds is 7. The first-order valence-corrected chi connectivity index (χ1v) is 8.15. The van der Waals surface area contributed by atoms with Crippen molar-refractivity contribution in [1.82, 2.24) is 4.98 Å². The number of hydrogen-bond donors (Lipinski definition) is 1. The van der Waals surface area contributed by atoms with Crippen molar-refractivity contribution >= 4 is 11.8 Å². The topological polar surface area (TPSA) is 98.9 Å². The first kappa shape index (κ1) is 17.3. The summed E-state index contributed by atoms with van der Waals surface area (Å²) in [4.78, 5) is 26.9. The number of carboxylic acid groups (broad SMARTS) is 1. The summed E-state index contributed by atoms with van der Waals surface area (Å²) in [6.07, 6.45) is 3.78. The number of oxazole rings is 1. The van der Waals surface area contributed by atoms with Gasteiger partial charge in [0.25, 0.3) is 0 Å². The van der Waals surface area contributed by atoms with Gasteiger partial charge in [-0.2, -0.15) is 0 Å². The maximum Gasteiger partial charge on any atom is 0.311 e. The van der Waals surface area contributed by atoms with Crippen LogP contribution in [0.1, 0.15) is 41.7 Å². The fourth-order valence-corrected chi connectivity index (χ4v) is 2.59. The molecule has 0 saturated carbocycles. The Balaban J connectivity index is 1.65. The van der Waals surface area contributed by atoms with Crippen molar-refractivity contribution in [3.63, 3.8) is 0 Å². The summed E-state index contributed by atoms with van der Waals surface area (Å²) in [5.74, 6) is -1.26. The average Bonchev–Trinajstić information content (AvgIpc) is 3.09. The van der Waals surface area contributed by atoms with Crippen molar-refractivity contribution in [2.75, 3.05) is 6.61 Å². The molecule has 1 aromatic heterocycles. The molecule has 0 spiro atoms. The average molecular weight is 345 g/mol. The summed E-state index contributed by atoms with van der Waals surface area (Å²) < 4.78 is 16.6. The summed E-state index contributed by atoms with van der Waals surface area (Å²) in [5, 5.41) is 8.73. The van der Waals surface area contributed by atoms with Crippen LogP contribution < -0.4 is 0 Å². The molecule has 2 aromatic rings. The highest BCUT2D eigenvalue weighted by atomic mass is 16.7. The number of ether oxygens (including phenoxy) is 2. The highest BCUT2D eigenvalue weighted by Crippen LogP contribution is 2.22. The predicted molar refractivity (Wildman–Crippen MR) is 86.9 cm³/mol. The zero-order valence-corrected chi connectivity index (χ0v) is 13.6. The van der Waals surface area contributed by atoms with Crippen molar-refractivity contribution in [3.05, 3.63) is 41.8 Å². The van der Waals surface area contributed by atoms with E-state index < -0.39 is 18.2 Å². The third-order valence-corrected chi connectivity index (χ3v) is 3.85. The number of aliphatic carboxylic acids is 1. The molecule has 1 unspecified atom stereocenters. The lowest BCUT2D eigenvalue weighted by Gasteiger charge is -2.22. The number of Topliss-reactive ketones (excluding diaryl/α,β-unsaturated/α-hetero) is 1. The first-order chi connectivity index (χ1) is 12.1. The highest BCUT2D eigenvalue weighted by molar-refractivity contribution is 6.05. The molecule has 7 nitrogen and oxygen atoms in total. The number of hydrogen-bond acceptors (Lipinski definition) is 6. The molecule has 1 aliphatic rings. The summed E-state index contributed by atoms with van der Waals surface area (Å²) in [5.41, 5.74) is 1.55. The van der Waals surface area contributed by atoms with Crippen LogP contribution in [-0.2, 0) is 20.9 Å². The van der Waals surface area contributed by atoms with Gasteiger partial charge in [0.2, 0.25) is 5.89 Å². The van der Waals surface area contributed by atoms with E-state index in [1.165, 1.54) is 6.26 Å². The number of nitrogens with zero attached hydrogens (tertiary/aromatic N) is 1. The van der Waals surface area contributed by atoms with E-state index in [4.69, 9.17) is 19.0 Å². The number of carbonyl (C=O) groups is 2. The van der Waals surface area contributed by atoms with Crippen LogP contribution in [0.15, 0.2) is 34.9 Å². The molecule has 25 heavy (non-hydrogen) atoms. The van der Waals surface area contributed by atoms with Gasteiger partial charge in [-0.3, -0.25) is 9.59 Å². The minimum atomic E-state index is -1.16. The largest absolute Gasteiger partial charge is 0.481 e. The van der Waals surface area contributed by atoms with E-state index in [0.29, 0.717) is 29.3 Å². The molecule has 0 amide bonds. The van der Waals surface area contributed by atoms with Gasteiger partial charge in [-0.05, 0) is 31.4 Å². The Hall–Kier alpha value is -2.51. The molecule has 0 radical (unpaired) electrons. The lowest BCUT2D eigenvalue weighted by Crippen LogP contribution is -2.22. The lowest BCUT2D eigenvalue weighted by atomic mass is 10.1. The van der Waals surface area contributed by atoms with E-state index >= 15 is 0 Å². The summed E-state index contributed by atoms with van der Waals surface area (Å²) in [6.45, 7) is 0.998. The predicted octanol–water partition coefficient (Wildman–Crippen LogP) is 3.04. The van der Waals surface area contributed by atoms with Crippen LogP contribution in [0.4, 0.5) is 0 Å². The minimum Gasteiger partial charge on any atom is -0.481 e. The van der Waals surface area contributed by atoms with Crippen molar-refractivity contribution in [2.45, 2.75) is 38.6 Å². The maximum absolute atomic E-state index is 11.9. The molecule has 7 heteroatoms. The van der Waals surface area contributed by atoms with Crippen LogP contribution >= 0.6 is 0 Å². The van der Waals surface area contributed by atoms with Crippen molar-refractivity contribution in [3.8, 4) is 11.5 Å². The first-order valence-electron chi connectivity index (χ1n) is 8.15. The molecule has 1 saturated heterocycles. The Morgan fingerprint density at radius 2 is 2.20 bits per heavy atom. The van der Waals surface area contributed by atoms with Crippen molar-refractivity contribution in [2.24, 2.45) is 0 Å². The standard InChI is InChI=1S/C18H19NO6/c20-15(9-16(21)22)12-4-3-5-13(8-12)18-19-14(11-25-18)10-24-17-6-1-2-7-23-17/h3-5,8,11,17H,1-2,6-7,9-10H2,(H,21,22). The Morgan fingerprint density at radius 3 is 2.96 bits per heavy atom. The fraction of sp³-hybridized carbons (Fsp3) is 0.389. The molecule has 1 fully saturated rings. The molecule has 1 aliphatic heterocycles. The highest BCUT2D eigenvalue weighted by Gasteiger charge is 2.16. The second-order valence-electron chi connectivity index (χ2n) is 5.83. The molecule has 1 aromatic carbocycles. The maximum atomic E-state index is 11.9. The minimum absolute atomic E-state index is 0.203. The molecule has 0 aliphatic carbocycles. The van der Waals surface area contributed by atoms with Crippen LogP contribution in [-0.4, -0.2) is 34.7 Å². The molecule has 132 valence electrons. The van der Waals surface area contributed by atoms with Gasteiger partial charge in [-0.25, -0.2) is 4.98 Å². The summed E-state index contributed by atoms with van der Waals surface area (Å²) >= 11 is 0. The molecule has 2 heterocycles. The Kier molecular flexibility index (Phi) is 5.57. The third kappa shape index (κ3) is 4.74. The van der Waals surface area contributed by atoms with Gasteiger partial charge in [0.1, 0.15) is 18.4 Å². The molecule has 1 atom stereocenters. The van der Waals surface area contributed by atoms with Crippen molar-refractivity contribution < 1.29 is 28.6 Å². The Labute approximate surface area is 144 Å². The Morgan fingerprint density at radius 1 is 1.32 bits per heavy atom. The van der Waals surface area contributed by atoms with E-state index in [1.807, 2.05) is 0 Å². The van der Waals surface area contributed by atoms with Crippen LogP contribution in [0, 0.1) is 0 Å². The van der Waals surface area contributed by atoms with E-state index in [-0.39, 0.29) is 12.9 Å². The second-order valence-corrected chi connectivity index (χ2v) is 5.83. The molecular weight excluding hydrogens is 326 g/mol. The fourth-order valence-electron chi connectivity index (χ4n) is 2.59. The third-order valence-electron chi connectivity index (χ3n) is 3.85. The van der Waals surface area contributed by atoms with Gasteiger partial charge in [0.15, 0.2) is 12.1 Å². The Bertz CT molecular complexity index is 748. The zero-order valence-electron chi connectivity index (χ0n) is 13.6. The summed E-state index contributed by atoms with van der Waals surface area (Å²) in [6, 6.07) is 6.56. The van der Waals surface area contributed by atoms with Gasteiger partial charge < -0.3 is 19.0 Å². The van der Waals surface area contributed by atoms with Crippen LogP contribution in [0.25, 0.3) is 11.5 Å². The second kappa shape index (κ2) is 8.04. The quantitative estimate of drug-likeness (QED) is 0.608. The number of ketones is 1. The molecule has 0 bridgehead atoms. The van der Waals surface area contributed by atoms with E-state index in [2.05, 4.69) is 4.98 Å². The van der Waals surface area contributed by atoms with Gasteiger partial charge in [-0.15, -0.1) is 0 Å². The molecular formula is C18H19NO6. The van der Waals surface area contributed by atoms with Gasteiger partial charge >= 0.3 is 5.97 Å². The van der Waals surface area contributed by atoms with Crippen LogP contribution in [0.2, 0.25) is 0 Å². The number of aromatic nitrogens is 1. The SMILES string of the molecule is O=C(O)CC(=O)c1cccc(-c2nc(COC3CCCCO3)co2)c1. The van der Waals surface area contributed by atoms with Crippen molar-refractivity contribution in [1.29, 1.82) is 0 Å². The monoisotopic (exact) mass is 345 g/mol. The molecule has 3 rings (SSSR count). The van der Waals surface area contributed by atoms with E-state index in [0.717, 1.165) is 19.3 Å². The van der Waals surface area contributed by atoms with Crippen LogP contribution in [0.5, 0.6) is 0 Å². The number of carbonyl (C=O) groups excluding carboxylic acids is 1. The van der Waals surface area contributed by atoms with Gasteiger partial charge in [0, 0.05) is 17.7 Å². The number of benzene rings is 1.